The predicted molar refractivity (Wildman–Crippen MR) is 128 cm³/mol. The van der Waals surface area contributed by atoms with Crippen molar-refractivity contribution in [1.29, 1.82) is 0 Å². The van der Waals surface area contributed by atoms with Gasteiger partial charge in [-0.2, -0.15) is 0 Å². The SMILES string of the molecule is O=C1NC(c2ccc(F)cc2)(c2ccc(F)cc2)CN1CC1CCN(CCc2ccccc2)C1. The summed E-state index contributed by atoms with van der Waals surface area (Å²) in [5.74, 6) is -0.264. The van der Waals surface area contributed by atoms with Gasteiger partial charge in [0.25, 0.3) is 0 Å². The van der Waals surface area contributed by atoms with Gasteiger partial charge in [0, 0.05) is 19.6 Å². The summed E-state index contributed by atoms with van der Waals surface area (Å²) < 4.78 is 27.3. The van der Waals surface area contributed by atoms with E-state index in [0.29, 0.717) is 19.0 Å². The van der Waals surface area contributed by atoms with E-state index in [2.05, 4.69) is 34.5 Å². The van der Waals surface area contributed by atoms with E-state index in [1.807, 2.05) is 11.0 Å². The summed E-state index contributed by atoms with van der Waals surface area (Å²) in [6.45, 7) is 4.11. The minimum atomic E-state index is -0.843. The number of carbonyl (C=O) groups is 1. The summed E-state index contributed by atoms with van der Waals surface area (Å²) >= 11 is 0. The monoisotopic (exact) mass is 461 g/mol. The van der Waals surface area contributed by atoms with Crippen molar-refractivity contribution in [3.05, 3.63) is 107 Å². The number of carbonyl (C=O) groups excluding carboxylic acids is 1. The van der Waals surface area contributed by atoms with Crippen LogP contribution in [0.25, 0.3) is 0 Å². The molecule has 5 rings (SSSR count). The van der Waals surface area contributed by atoms with Crippen molar-refractivity contribution in [1.82, 2.24) is 15.1 Å². The quantitative estimate of drug-likeness (QED) is 0.549. The molecule has 0 spiro atoms. The van der Waals surface area contributed by atoms with E-state index in [-0.39, 0.29) is 17.7 Å². The molecule has 2 fully saturated rings. The van der Waals surface area contributed by atoms with Crippen molar-refractivity contribution < 1.29 is 13.6 Å². The minimum Gasteiger partial charge on any atom is -0.323 e. The van der Waals surface area contributed by atoms with Gasteiger partial charge in [-0.15, -0.1) is 0 Å². The van der Waals surface area contributed by atoms with Crippen molar-refractivity contribution in [2.45, 2.75) is 18.4 Å². The standard InChI is InChI=1S/C28H29F2N3O/c29-25-10-6-23(7-11-25)28(24-8-12-26(30)13-9-24)20-33(27(34)31-28)19-22-15-17-32(18-22)16-14-21-4-2-1-3-5-21/h1-13,22H,14-20H2,(H,31,34). The molecule has 0 radical (unpaired) electrons. The van der Waals surface area contributed by atoms with Gasteiger partial charge >= 0.3 is 6.03 Å². The first kappa shape index (κ1) is 22.5. The molecule has 0 aliphatic carbocycles. The Balaban J connectivity index is 1.28. The highest BCUT2D eigenvalue weighted by molar-refractivity contribution is 5.79. The zero-order chi connectivity index (χ0) is 23.5. The summed E-state index contributed by atoms with van der Waals surface area (Å²) in [6.07, 6.45) is 2.08. The van der Waals surface area contributed by atoms with Crippen LogP contribution >= 0.6 is 0 Å². The molecule has 2 aliphatic rings. The molecule has 1 N–H and O–H groups in total. The highest BCUT2D eigenvalue weighted by Crippen LogP contribution is 2.36. The van der Waals surface area contributed by atoms with Crippen molar-refractivity contribution in [2.24, 2.45) is 5.92 Å². The number of rotatable bonds is 7. The molecule has 176 valence electrons. The number of urea groups is 1. The van der Waals surface area contributed by atoms with Gasteiger partial charge in [0.15, 0.2) is 0 Å². The van der Waals surface area contributed by atoms with Crippen LogP contribution in [0.4, 0.5) is 13.6 Å². The lowest BCUT2D eigenvalue weighted by molar-refractivity contribution is 0.207. The third-order valence-corrected chi connectivity index (χ3v) is 7.12. The molecule has 1 atom stereocenters. The molecule has 0 bridgehead atoms. The maximum Gasteiger partial charge on any atom is 0.318 e. The predicted octanol–water partition coefficient (Wildman–Crippen LogP) is 4.80. The average Bonchev–Trinajstić information content (AvgIpc) is 3.44. The van der Waals surface area contributed by atoms with Crippen LogP contribution in [0.15, 0.2) is 78.9 Å². The Kier molecular flexibility index (Phi) is 6.33. The minimum absolute atomic E-state index is 0.142. The lowest BCUT2D eigenvalue weighted by Crippen LogP contribution is -2.41. The molecule has 2 aliphatic heterocycles. The second-order valence-electron chi connectivity index (χ2n) is 9.42. The van der Waals surface area contributed by atoms with Crippen LogP contribution in [-0.4, -0.2) is 48.6 Å². The topological polar surface area (TPSA) is 35.6 Å². The van der Waals surface area contributed by atoms with Crippen molar-refractivity contribution >= 4 is 6.03 Å². The molecule has 3 aromatic rings. The fourth-order valence-electron chi connectivity index (χ4n) is 5.28. The van der Waals surface area contributed by atoms with E-state index in [9.17, 15) is 13.6 Å². The summed E-state index contributed by atoms with van der Waals surface area (Å²) in [5.41, 5.74) is 2.07. The number of amides is 2. The maximum absolute atomic E-state index is 13.6. The zero-order valence-corrected chi connectivity index (χ0v) is 19.1. The van der Waals surface area contributed by atoms with Crippen molar-refractivity contribution in [3.8, 4) is 0 Å². The molecule has 2 amide bonds. The summed E-state index contributed by atoms with van der Waals surface area (Å²) in [7, 11) is 0. The number of hydrogen-bond donors (Lipinski definition) is 1. The van der Waals surface area contributed by atoms with Crippen LogP contribution in [-0.2, 0) is 12.0 Å². The number of benzene rings is 3. The van der Waals surface area contributed by atoms with Crippen LogP contribution in [0.5, 0.6) is 0 Å². The third kappa shape index (κ3) is 4.68. The second-order valence-corrected chi connectivity index (χ2v) is 9.42. The molecule has 6 heteroatoms. The Morgan fingerprint density at radius 1 is 0.882 bits per heavy atom. The van der Waals surface area contributed by atoms with E-state index in [1.54, 1.807) is 24.3 Å². The number of nitrogens with one attached hydrogen (secondary N) is 1. The van der Waals surface area contributed by atoms with Crippen LogP contribution < -0.4 is 5.32 Å². The van der Waals surface area contributed by atoms with Crippen molar-refractivity contribution in [3.63, 3.8) is 0 Å². The second kappa shape index (κ2) is 9.55. The highest BCUT2D eigenvalue weighted by atomic mass is 19.1. The molecule has 4 nitrogen and oxygen atoms in total. The van der Waals surface area contributed by atoms with Gasteiger partial charge in [-0.25, -0.2) is 13.6 Å². The van der Waals surface area contributed by atoms with E-state index < -0.39 is 5.54 Å². The molecule has 2 heterocycles. The van der Waals surface area contributed by atoms with Crippen molar-refractivity contribution in [2.75, 3.05) is 32.7 Å². The fraction of sp³-hybridized carbons (Fsp3) is 0.321. The Labute approximate surface area is 199 Å². The summed E-state index contributed by atoms with van der Waals surface area (Å²) in [5, 5.41) is 3.15. The lowest BCUT2D eigenvalue weighted by atomic mass is 9.83. The van der Waals surface area contributed by atoms with E-state index in [0.717, 1.165) is 43.6 Å². The third-order valence-electron chi connectivity index (χ3n) is 7.12. The van der Waals surface area contributed by atoms with Gasteiger partial charge in [-0.1, -0.05) is 54.6 Å². The molecule has 3 aromatic carbocycles. The maximum atomic E-state index is 13.6. The molecule has 1 unspecified atom stereocenters. The largest absolute Gasteiger partial charge is 0.323 e. The molecular weight excluding hydrogens is 432 g/mol. The molecular formula is C28H29F2N3O. The van der Waals surface area contributed by atoms with E-state index in [1.165, 1.54) is 29.8 Å². The summed E-state index contributed by atoms with van der Waals surface area (Å²) in [4.78, 5) is 17.4. The molecule has 0 saturated carbocycles. The van der Waals surface area contributed by atoms with Gasteiger partial charge in [0.1, 0.15) is 17.2 Å². The van der Waals surface area contributed by atoms with Crippen LogP contribution in [0.3, 0.4) is 0 Å². The van der Waals surface area contributed by atoms with E-state index in [4.69, 9.17) is 0 Å². The number of nitrogens with zero attached hydrogens (tertiary/aromatic N) is 2. The first-order valence-corrected chi connectivity index (χ1v) is 11.9. The van der Waals surface area contributed by atoms with Gasteiger partial charge in [0.2, 0.25) is 0 Å². The fourth-order valence-corrected chi connectivity index (χ4v) is 5.28. The smallest absolute Gasteiger partial charge is 0.318 e. The van der Waals surface area contributed by atoms with Crippen LogP contribution in [0.1, 0.15) is 23.1 Å². The number of likely N-dealkylation sites (tertiary alicyclic amines) is 1. The number of hydrogen-bond acceptors (Lipinski definition) is 2. The van der Waals surface area contributed by atoms with Gasteiger partial charge in [-0.3, -0.25) is 0 Å². The van der Waals surface area contributed by atoms with Crippen LogP contribution in [0, 0.1) is 17.6 Å². The Bertz CT molecular complexity index is 1070. The highest BCUT2D eigenvalue weighted by Gasteiger charge is 2.46. The van der Waals surface area contributed by atoms with Gasteiger partial charge < -0.3 is 15.1 Å². The first-order valence-electron chi connectivity index (χ1n) is 11.9. The van der Waals surface area contributed by atoms with Crippen LogP contribution in [0.2, 0.25) is 0 Å². The normalized spacial score (nSPS) is 20.0. The number of halogens is 2. The van der Waals surface area contributed by atoms with E-state index >= 15 is 0 Å². The van der Waals surface area contributed by atoms with Gasteiger partial charge in [-0.05, 0) is 66.3 Å². The van der Waals surface area contributed by atoms with Gasteiger partial charge in [0.05, 0.1) is 6.54 Å². The zero-order valence-electron chi connectivity index (χ0n) is 19.1. The molecule has 34 heavy (non-hydrogen) atoms. The Hall–Kier alpha value is -3.25. The Morgan fingerprint density at radius 3 is 2.12 bits per heavy atom. The Morgan fingerprint density at radius 2 is 1.50 bits per heavy atom. The molecule has 2 saturated heterocycles. The lowest BCUT2D eigenvalue weighted by Gasteiger charge is -2.30. The first-order chi connectivity index (χ1) is 16.5. The average molecular weight is 462 g/mol. The summed E-state index contributed by atoms with van der Waals surface area (Å²) in [6, 6.07) is 22.7. The molecule has 0 aromatic heterocycles.